The van der Waals surface area contributed by atoms with Crippen molar-refractivity contribution in [2.75, 3.05) is 13.7 Å². The van der Waals surface area contributed by atoms with E-state index in [-0.39, 0.29) is 18.0 Å². The summed E-state index contributed by atoms with van der Waals surface area (Å²) in [5, 5.41) is 6.29. The Morgan fingerprint density at radius 2 is 1.80 bits per heavy atom. The van der Waals surface area contributed by atoms with Crippen molar-refractivity contribution in [3.05, 3.63) is 94.0 Å². The lowest BCUT2D eigenvalue weighted by molar-refractivity contribution is -0.144. The van der Waals surface area contributed by atoms with E-state index in [4.69, 9.17) is 16.3 Å². The van der Waals surface area contributed by atoms with Crippen LogP contribution in [0.25, 0.3) is 10.8 Å². The molecule has 1 aliphatic carbocycles. The van der Waals surface area contributed by atoms with Crippen LogP contribution in [0.5, 0.6) is 0 Å². The largest absolute Gasteiger partial charge is 0.468 e. The van der Waals surface area contributed by atoms with Crippen LogP contribution in [-0.2, 0) is 20.7 Å². The average molecular weight is 489 g/mol. The Kier molecular flexibility index (Phi) is 6.89. The number of rotatable bonds is 7. The summed E-state index contributed by atoms with van der Waals surface area (Å²) in [6.07, 6.45) is 4.09. The van der Waals surface area contributed by atoms with Crippen molar-refractivity contribution in [3.8, 4) is 0 Å². The summed E-state index contributed by atoms with van der Waals surface area (Å²) >= 11 is 6.04. The van der Waals surface area contributed by atoms with Crippen molar-refractivity contribution >= 4 is 34.2 Å². The van der Waals surface area contributed by atoms with Crippen LogP contribution in [-0.4, -0.2) is 36.6 Å². The number of halogens is 1. The zero-order chi connectivity index (χ0) is 24.4. The van der Waals surface area contributed by atoms with Gasteiger partial charge >= 0.3 is 5.97 Å². The molecule has 0 unspecified atom stereocenters. The zero-order valence-corrected chi connectivity index (χ0v) is 20.6. The minimum absolute atomic E-state index is 0.0766. The fourth-order valence-corrected chi connectivity index (χ4v) is 5.46. The molecule has 0 radical (unpaired) electrons. The Balaban J connectivity index is 1.48. The molecule has 0 fully saturated rings. The second-order valence-electron chi connectivity index (χ2n) is 9.18. The Hall–Kier alpha value is -3.15. The average Bonchev–Trinajstić information content (AvgIpc) is 3.16. The summed E-state index contributed by atoms with van der Waals surface area (Å²) in [6.45, 7) is 0.550. The van der Waals surface area contributed by atoms with E-state index in [2.05, 4.69) is 5.32 Å². The van der Waals surface area contributed by atoms with Crippen molar-refractivity contribution in [3.63, 3.8) is 0 Å². The highest BCUT2D eigenvalue weighted by atomic mass is 35.5. The highest BCUT2D eigenvalue weighted by Gasteiger charge is 2.41. The number of hydrogen-bond acceptors (Lipinski definition) is 4. The van der Waals surface area contributed by atoms with E-state index in [9.17, 15) is 9.59 Å². The first-order valence-electron chi connectivity index (χ1n) is 12.2. The van der Waals surface area contributed by atoms with Crippen molar-refractivity contribution in [2.45, 2.75) is 44.3 Å². The normalized spacial score (nSPS) is 18.6. The molecule has 5 rings (SSSR count). The molecule has 35 heavy (non-hydrogen) atoms. The number of hydrogen-bond donors (Lipinski definition) is 1. The summed E-state index contributed by atoms with van der Waals surface area (Å²) in [6, 6.07) is 21.0. The lowest BCUT2D eigenvalue weighted by atomic mass is 9.91. The fourth-order valence-electron chi connectivity index (χ4n) is 5.34. The number of carbonyl (C=O) groups excluding carboxylic acids is 2. The second kappa shape index (κ2) is 10.2. The quantitative estimate of drug-likeness (QED) is 0.441. The van der Waals surface area contributed by atoms with Gasteiger partial charge in [0.15, 0.2) is 0 Å². The molecule has 1 heterocycles. The van der Waals surface area contributed by atoms with Crippen LogP contribution in [0.15, 0.2) is 77.9 Å². The van der Waals surface area contributed by atoms with Gasteiger partial charge in [0.05, 0.1) is 7.11 Å². The van der Waals surface area contributed by atoms with E-state index in [0.29, 0.717) is 18.0 Å². The number of esters is 1. The molecular formula is C29H29ClN2O3. The number of carbonyl (C=O) groups is 2. The number of ether oxygens (including phenoxy) is 1. The first-order valence-corrected chi connectivity index (χ1v) is 12.5. The van der Waals surface area contributed by atoms with Gasteiger partial charge in [-0.25, -0.2) is 4.79 Å². The third-order valence-electron chi connectivity index (χ3n) is 7.12. The molecule has 0 saturated carbocycles. The zero-order valence-electron chi connectivity index (χ0n) is 19.8. The molecule has 0 saturated heterocycles. The maximum atomic E-state index is 13.5. The van der Waals surface area contributed by atoms with Gasteiger partial charge in [-0.05, 0) is 71.7 Å². The molecule has 180 valence electrons. The molecular weight excluding hydrogens is 460 g/mol. The molecule has 0 bridgehead atoms. The first kappa shape index (κ1) is 23.6. The number of nitrogens with one attached hydrogen (secondary N) is 1. The Labute approximate surface area is 210 Å². The lowest BCUT2D eigenvalue weighted by Gasteiger charge is -2.32. The number of methoxy groups -OCH3 is 1. The molecule has 0 aromatic heterocycles. The van der Waals surface area contributed by atoms with Gasteiger partial charge in [0.25, 0.3) is 5.91 Å². The van der Waals surface area contributed by atoms with Crippen molar-refractivity contribution < 1.29 is 14.3 Å². The van der Waals surface area contributed by atoms with Gasteiger partial charge in [0.1, 0.15) is 12.2 Å². The van der Waals surface area contributed by atoms with Gasteiger partial charge in [0, 0.05) is 17.1 Å². The molecule has 3 aromatic rings. The highest BCUT2D eigenvalue weighted by molar-refractivity contribution is 6.30. The third kappa shape index (κ3) is 4.71. The van der Waals surface area contributed by atoms with Gasteiger partial charge in [-0.1, -0.05) is 66.2 Å². The van der Waals surface area contributed by atoms with Gasteiger partial charge in [0.2, 0.25) is 0 Å². The van der Waals surface area contributed by atoms with E-state index in [1.807, 2.05) is 71.6 Å². The van der Waals surface area contributed by atoms with Gasteiger partial charge in [-0.15, -0.1) is 0 Å². The maximum absolute atomic E-state index is 13.5. The molecule has 2 atom stereocenters. The number of nitrogens with zero attached hydrogens (tertiary/aromatic N) is 1. The highest BCUT2D eigenvalue weighted by Crippen LogP contribution is 2.37. The topological polar surface area (TPSA) is 58.6 Å². The van der Waals surface area contributed by atoms with Crippen molar-refractivity contribution in [1.29, 1.82) is 0 Å². The Bertz CT molecular complexity index is 1280. The summed E-state index contributed by atoms with van der Waals surface area (Å²) in [5.74, 6) is -0.288. The Morgan fingerprint density at radius 1 is 1.06 bits per heavy atom. The minimum Gasteiger partial charge on any atom is -0.468 e. The second-order valence-corrected chi connectivity index (χ2v) is 9.62. The van der Waals surface area contributed by atoms with Crippen molar-refractivity contribution in [2.24, 2.45) is 0 Å². The molecule has 5 nitrogen and oxygen atoms in total. The fraction of sp³-hybridized carbons (Fsp3) is 0.310. The summed E-state index contributed by atoms with van der Waals surface area (Å²) < 4.78 is 5.23. The van der Waals surface area contributed by atoms with Crippen LogP contribution in [0.3, 0.4) is 0 Å². The van der Waals surface area contributed by atoms with Crippen LogP contribution in [0.2, 0.25) is 5.02 Å². The summed E-state index contributed by atoms with van der Waals surface area (Å²) in [5.41, 5.74) is 3.99. The smallest absolute Gasteiger partial charge is 0.327 e. The number of amides is 1. The van der Waals surface area contributed by atoms with E-state index in [0.717, 1.165) is 58.7 Å². The lowest BCUT2D eigenvalue weighted by Crippen LogP contribution is -2.49. The van der Waals surface area contributed by atoms with E-state index in [1.54, 1.807) is 0 Å². The monoisotopic (exact) mass is 488 g/mol. The molecule has 2 aliphatic rings. The standard InChI is InChI=1S/C29H29ClN2O3/c1-35-29(34)26(23-12-6-8-20-7-2-3-9-22(20)23)31-27-24-10-4-5-11-25(24)28(33)32(27)18-17-19-13-15-21(30)16-14-19/h2-3,6-9,12-16,26-27,31H,4-5,10-11,17-18H2,1H3/t26-,27+/m0/s1. The molecule has 1 aliphatic heterocycles. The van der Waals surface area contributed by atoms with Crippen molar-refractivity contribution in [1.82, 2.24) is 10.2 Å². The molecule has 6 heteroatoms. The van der Waals surface area contributed by atoms with Gasteiger partial charge in [-0.2, -0.15) is 0 Å². The van der Waals surface area contributed by atoms with E-state index in [1.165, 1.54) is 7.11 Å². The molecule has 0 spiro atoms. The molecule has 3 aromatic carbocycles. The third-order valence-corrected chi connectivity index (χ3v) is 7.37. The van der Waals surface area contributed by atoms with E-state index < -0.39 is 6.04 Å². The predicted molar refractivity (Wildman–Crippen MR) is 138 cm³/mol. The van der Waals surface area contributed by atoms with Crippen LogP contribution in [0.4, 0.5) is 0 Å². The van der Waals surface area contributed by atoms with Crippen LogP contribution >= 0.6 is 11.6 Å². The van der Waals surface area contributed by atoms with Crippen LogP contribution < -0.4 is 5.32 Å². The SMILES string of the molecule is COC(=O)[C@@H](N[C@H]1C2=C(CCCC2)C(=O)N1CCc1ccc(Cl)cc1)c1cccc2ccccc12. The summed E-state index contributed by atoms with van der Waals surface area (Å²) in [4.78, 5) is 28.5. The molecule has 1 N–H and O–H groups in total. The minimum atomic E-state index is -0.698. The Morgan fingerprint density at radius 3 is 2.60 bits per heavy atom. The van der Waals surface area contributed by atoms with Gasteiger partial charge in [-0.3, -0.25) is 10.1 Å². The predicted octanol–water partition coefficient (Wildman–Crippen LogP) is 5.58. The van der Waals surface area contributed by atoms with Crippen LogP contribution in [0.1, 0.15) is 42.9 Å². The first-order chi connectivity index (χ1) is 17.1. The van der Waals surface area contributed by atoms with Crippen LogP contribution in [0, 0.1) is 0 Å². The van der Waals surface area contributed by atoms with Gasteiger partial charge < -0.3 is 9.64 Å². The maximum Gasteiger partial charge on any atom is 0.327 e. The summed E-state index contributed by atoms with van der Waals surface area (Å²) in [7, 11) is 1.41. The molecule has 1 amide bonds. The van der Waals surface area contributed by atoms with E-state index >= 15 is 0 Å². The number of benzene rings is 3. The number of fused-ring (bicyclic) bond motifs is 1.